The lowest BCUT2D eigenvalue weighted by atomic mass is 10.1. The first-order valence-corrected chi connectivity index (χ1v) is 5.79. The molecule has 0 aliphatic rings. The molecule has 1 aromatic heterocycles. The van der Waals surface area contributed by atoms with E-state index in [1.54, 1.807) is 0 Å². The van der Waals surface area contributed by atoms with Crippen LogP contribution >= 0.6 is 11.6 Å². The molecule has 0 spiro atoms. The van der Waals surface area contributed by atoms with E-state index in [9.17, 15) is 4.79 Å². The number of rotatable bonds is 2. The molecule has 1 amide bonds. The van der Waals surface area contributed by atoms with Gasteiger partial charge in [0.1, 0.15) is 5.15 Å². The van der Waals surface area contributed by atoms with Gasteiger partial charge >= 0.3 is 0 Å². The second kappa shape index (κ2) is 5.14. The van der Waals surface area contributed by atoms with Crippen LogP contribution < -0.4 is 5.32 Å². The van der Waals surface area contributed by atoms with E-state index in [2.05, 4.69) is 15.3 Å². The Kier molecular flexibility index (Phi) is 3.58. The van der Waals surface area contributed by atoms with Crippen LogP contribution in [0, 0.1) is 13.8 Å². The number of amides is 1. The van der Waals surface area contributed by atoms with Gasteiger partial charge in [-0.1, -0.05) is 28.8 Å². The van der Waals surface area contributed by atoms with Crippen LogP contribution in [-0.4, -0.2) is 15.9 Å². The first kappa shape index (κ1) is 12.5. The average Bonchev–Trinajstić information content (AvgIpc) is 2.27. The number of aryl methyl sites for hydroxylation is 2. The fourth-order valence-corrected chi connectivity index (χ4v) is 1.84. The van der Waals surface area contributed by atoms with Crippen LogP contribution in [0.4, 0.5) is 5.82 Å². The van der Waals surface area contributed by atoms with Gasteiger partial charge in [-0.05, 0) is 26.0 Å². The SMILES string of the molecule is Cc1cc(C)cc(C(=O)Nc2cncc(Cl)n2)c1. The number of benzene rings is 1. The molecule has 0 fully saturated rings. The summed E-state index contributed by atoms with van der Waals surface area (Å²) >= 11 is 5.70. The second-order valence-electron chi connectivity index (χ2n) is 4.06. The third kappa shape index (κ3) is 3.05. The summed E-state index contributed by atoms with van der Waals surface area (Å²) in [6, 6.07) is 5.65. The lowest BCUT2D eigenvalue weighted by Gasteiger charge is -2.06. The van der Waals surface area contributed by atoms with E-state index in [1.165, 1.54) is 12.4 Å². The zero-order valence-corrected chi connectivity index (χ0v) is 10.8. The second-order valence-corrected chi connectivity index (χ2v) is 4.44. The van der Waals surface area contributed by atoms with Crippen molar-refractivity contribution in [3.05, 3.63) is 52.4 Å². The maximum absolute atomic E-state index is 12.0. The number of anilines is 1. The van der Waals surface area contributed by atoms with Crippen molar-refractivity contribution in [2.75, 3.05) is 5.32 Å². The number of nitrogens with one attached hydrogen (secondary N) is 1. The number of hydrogen-bond acceptors (Lipinski definition) is 3. The van der Waals surface area contributed by atoms with Crippen molar-refractivity contribution in [2.24, 2.45) is 0 Å². The predicted molar refractivity (Wildman–Crippen MR) is 70.9 cm³/mol. The smallest absolute Gasteiger partial charge is 0.256 e. The highest BCUT2D eigenvalue weighted by Gasteiger charge is 2.08. The molecule has 18 heavy (non-hydrogen) atoms. The predicted octanol–water partition coefficient (Wildman–Crippen LogP) is 3.00. The first-order chi connectivity index (χ1) is 8.54. The molecule has 4 nitrogen and oxygen atoms in total. The van der Waals surface area contributed by atoms with E-state index in [4.69, 9.17) is 11.6 Å². The molecule has 0 unspecified atom stereocenters. The Hall–Kier alpha value is -1.94. The first-order valence-electron chi connectivity index (χ1n) is 5.42. The molecule has 92 valence electrons. The van der Waals surface area contributed by atoms with Gasteiger partial charge in [0.15, 0.2) is 5.82 Å². The van der Waals surface area contributed by atoms with E-state index in [1.807, 2.05) is 32.0 Å². The van der Waals surface area contributed by atoms with Crippen LogP contribution in [0.3, 0.4) is 0 Å². The lowest BCUT2D eigenvalue weighted by Crippen LogP contribution is -2.13. The van der Waals surface area contributed by atoms with Gasteiger partial charge < -0.3 is 5.32 Å². The Labute approximate surface area is 110 Å². The molecule has 0 aliphatic heterocycles. The Morgan fingerprint density at radius 1 is 1.17 bits per heavy atom. The van der Waals surface area contributed by atoms with E-state index in [0.717, 1.165) is 11.1 Å². The quantitative estimate of drug-likeness (QED) is 0.904. The molecule has 0 radical (unpaired) electrons. The van der Waals surface area contributed by atoms with Gasteiger partial charge in [0.25, 0.3) is 5.91 Å². The summed E-state index contributed by atoms with van der Waals surface area (Å²) in [5, 5.41) is 2.90. The lowest BCUT2D eigenvalue weighted by molar-refractivity contribution is 0.102. The summed E-state index contributed by atoms with van der Waals surface area (Å²) in [5.74, 6) is 0.116. The van der Waals surface area contributed by atoms with Gasteiger partial charge in [0.2, 0.25) is 0 Å². The molecular formula is C13H12ClN3O. The largest absolute Gasteiger partial charge is 0.305 e. The minimum Gasteiger partial charge on any atom is -0.305 e. The molecule has 1 heterocycles. The van der Waals surface area contributed by atoms with Crippen molar-refractivity contribution in [1.29, 1.82) is 0 Å². The molecule has 0 aliphatic carbocycles. The molecule has 0 bridgehead atoms. The van der Waals surface area contributed by atoms with Crippen LogP contribution in [0.1, 0.15) is 21.5 Å². The third-order valence-corrected chi connectivity index (χ3v) is 2.51. The highest BCUT2D eigenvalue weighted by Crippen LogP contribution is 2.12. The number of hydrogen-bond donors (Lipinski definition) is 1. The van der Waals surface area contributed by atoms with Crippen molar-refractivity contribution in [2.45, 2.75) is 13.8 Å². The monoisotopic (exact) mass is 261 g/mol. The van der Waals surface area contributed by atoms with Crippen molar-refractivity contribution >= 4 is 23.3 Å². The van der Waals surface area contributed by atoms with Gasteiger partial charge in [0, 0.05) is 5.56 Å². The van der Waals surface area contributed by atoms with E-state index < -0.39 is 0 Å². The highest BCUT2D eigenvalue weighted by molar-refractivity contribution is 6.29. The fraction of sp³-hybridized carbons (Fsp3) is 0.154. The highest BCUT2D eigenvalue weighted by atomic mass is 35.5. The van der Waals surface area contributed by atoms with Crippen molar-refractivity contribution in [3.63, 3.8) is 0 Å². The van der Waals surface area contributed by atoms with Crippen molar-refractivity contribution in [1.82, 2.24) is 9.97 Å². The Bertz CT molecular complexity index is 578. The summed E-state index contributed by atoms with van der Waals surface area (Å²) < 4.78 is 0. The third-order valence-electron chi connectivity index (χ3n) is 2.33. The van der Waals surface area contributed by atoms with E-state index in [-0.39, 0.29) is 11.1 Å². The Balaban J connectivity index is 2.22. The van der Waals surface area contributed by atoms with Crippen LogP contribution in [-0.2, 0) is 0 Å². The number of halogens is 1. The van der Waals surface area contributed by atoms with Gasteiger partial charge in [-0.2, -0.15) is 0 Å². The molecule has 1 aromatic carbocycles. The normalized spacial score (nSPS) is 10.2. The zero-order valence-electron chi connectivity index (χ0n) is 10.1. The summed E-state index contributed by atoms with van der Waals surface area (Å²) in [4.78, 5) is 19.8. The fourth-order valence-electron chi connectivity index (χ4n) is 1.70. The Morgan fingerprint density at radius 3 is 2.44 bits per heavy atom. The zero-order chi connectivity index (χ0) is 13.1. The number of nitrogens with zero attached hydrogens (tertiary/aromatic N) is 2. The van der Waals surface area contributed by atoms with Crippen LogP contribution in [0.25, 0.3) is 0 Å². The maximum atomic E-state index is 12.0. The summed E-state index contributed by atoms with van der Waals surface area (Å²) in [5.41, 5.74) is 2.67. The summed E-state index contributed by atoms with van der Waals surface area (Å²) in [6.45, 7) is 3.89. The summed E-state index contributed by atoms with van der Waals surface area (Å²) in [7, 11) is 0. The standard InChI is InChI=1S/C13H12ClN3O/c1-8-3-9(2)5-10(4-8)13(18)17-12-7-15-6-11(14)16-12/h3-7H,1-2H3,(H,16,17,18). The van der Waals surface area contributed by atoms with Gasteiger partial charge in [-0.3, -0.25) is 9.78 Å². The number of aromatic nitrogens is 2. The molecule has 2 rings (SSSR count). The molecule has 0 atom stereocenters. The van der Waals surface area contributed by atoms with Gasteiger partial charge in [0.05, 0.1) is 12.4 Å². The van der Waals surface area contributed by atoms with Crippen LogP contribution in [0.15, 0.2) is 30.6 Å². The van der Waals surface area contributed by atoms with Gasteiger partial charge in [-0.25, -0.2) is 4.98 Å². The molecule has 0 saturated heterocycles. The van der Waals surface area contributed by atoms with E-state index in [0.29, 0.717) is 11.4 Å². The number of carbonyl (C=O) groups is 1. The molecular weight excluding hydrogens is 250 g/mol. The number of carbonyl (C=O) groups excluding carboxylic acids is 1. The molecule has 5 heteroatoms. The average molecular weight is 262 g/mol. The molecule has 1 N–H and O–H groups in total. The van der Waals surface area contributed by atoms with Gasteiger partial charge in [-0.15, -0.1) is 0 Å². The maximum Gasteiger partial charge on any atom is 0.256 e. The van der Waals surface area contributed by atoms with Crippen molar-refractivity contribution < 1.29 is 4.79 Å². The minimum atomic E-state index is -0.224. The van der Waals surface area contributed by atoms with Crippen LogP contribution in [0.5, 0.6) is 0 Å². The Morgan fingerprint density at radius 2 is 1.83 bits per heavy atom. The molecule has 2 aromatic rings. The van der Waals surface area contributed by atoms with Crippen LogP contribution in [0.2, 0.25) is 5.15 Å². The molecule has 0 saturated carbocycles. The van der Waals surface area contributed by atoms with Crippen molar-refractivity contribution in [3.8, 4) is 0 Å². The van der Waals surface area contributed by atoms with E-state index >= 15 is 0 Å². The summed E-state index contributed by atoms with van der Waals surface area (Å²) in [6.07, 6.45) is 2.86. The topological polar surface area (TPSA) is 54.9 Å². The minimum absolute atomic E-state index is 0.224.